The fourth-order valence-corrected chi connectivity index (χ4v) is 2.55. The van der Waals surface area contributed by atoms with Crippen LogP contribution < -0.4 is 0 Å². The molecule has 6 heteroatoms. The Labute approximate surface area is 135 Å². The lowest BCUT2D eigenvalue weighted by molar-refractivity contribution is 0.627. The fraction of sp³-hybridized carbons (Fsp3) is 0. The summed E-state index contributed by atoms with van der Waals surface area (Å²) in [7, 11) is 0. The van der Waals surface area contributed by atoms with Crippen LogP contribution in [0.15, 0.2) is 48.8 Å². The first kappa shape index (κ1) is 14.3. The summed E-state index contributed by atoms with van der Waals surface area (Å²) < 4.78 is 27.2. The summed E-state index contributed by atoms with van der Waals surface area (Å²) in [6, 6.07) is 9.31. The van der Waals surface area contributed by atoms with Crippen molar-refractivity contribution in [3.05, 3.63) is 71.7 Å². The van der Waals surface area contributed by atoms with E-state index < -0.39 is 0 Å². The van der Waals surface area contributed by atoms with E-state index in [1.54, 1.807) is 30.6 Å². The molecule has 2 aromatic carbocycles. The van der Waals surface area contributed by atoms with E-state index in [4.69, 9.17) is 0 Å². The topological polar surface area (TPSA) is 57.4 Å². The summed E-state index contributed by atoms with van der Waals surface area (Å²) in [4.78, 5) is 0. The maximum absolute atomic E-state index is 14.2. The molecule has 0 spiro atoms. The van der Waals surface area contributed by atoms with E-state index in [1.165, 1.54) is 18.2 Å². The Morgan fingerprint density at radius 2 is 1.83 bits per heavy atom. The van der Waals surface area contributed by atoms with Crippen LogP contribution in [0.1, 0.15) is 11.3 Å². The minimum atomic E-state index is -0.346. The monoisotopic (exact) mass is 322 g/mol. The van der Waals surface area contributed by atoms with E-state index in [0.717, 1.165) is 10.9 Å². The molecular formula is C18H12F2N4. The first-order valence-corrected chi connectivity index (χ1v) is 7.31. The molecule has 0 amide bonds. The molecule has 0 unspecified atom stereocenters. The molecule has 2 N–H and O–H groups in total. The predicted octanol–water partition coefficient (Wildman–Crippen LogP) is 4.40. The van der Waals surface area contributed by atoms with Crippen LogP contribution in [0.2, 0.25) is 0 Å². The summed E-state index contributed by atoms with van der Waals surface area (Å²) in [5.41, 5.74) is 3.26. The lowest BCUT2D eigenvalue weighted by Crippen LogP contribution is -1.83. The number of nitrogens with one attached hydrogen (secondary N) is 2. The number of hydrogen-bond donors (Lipinski definition) is 2. The van der Waals surface area contributed by atoms with Gasteiger partial charge in [0.05, 0.1) is 17.4 Å². The Bertz CT molecular complexity index is 1020. The summed E-state index contributed by atoms with van der Waals surface area (Å²) in [5.74, 6) is -0.626. The fourth-order valence-electron chi connectivity index (χ4n) is 2.55. The van der Waals surface area contributed by atoms with Gasteiger partial charge < -0.3 is 0 Å². The molecule has 0 bridgehead atoms. The van der Waals surface area contributed by atoms with E-state index in [1.807, 2.05) is 12.2 Å². The van der Waals surface area contributed by atoms with Crippen LogP contribution in [0.3, 0.4) is 0 Å². The molecule has 0 aliphatic rings. The zero-order valence-electron chi connectivity index (χ0n) is 12.4. The number of H-pyrrole nitrogens is 2. The highest BCUT2D eigenvalue weighted by molar-refractivity contribution is 5.92. The number of aromatic amines is 2. The quantitative estimate of drug-likeness (QED) is 0.587. The first-order chi connectivity index (χ1) is 11.7. The second kappa shape index (κ2) is 5.73. The van der Waals surface area contributed by atoms with Gasteiger partial charge in [0.2, 0.25) is 0 Å². The van der Waals surface area contributed by atoms with E-state index in [9.17, 15) is 8.78 Å². The highest BCUT2D eigenvalue weighted by atomic mass is 19.1. The number of benzene rings is 2. The van der Waals surface area contributed by atoms with Crippen molar-refractivity contribution in [2.24, 2.45) is 0 Å². The molecule has 2 aromatic heterocycles. The third-order valence-corrected chi connectivity index (χ3v) is 3.79. The largest absolute Gasteiger partial charge is 0.285 e. The molecule has 4 aromatic rings. The van der Waals surface area contributed by atoms with E-state index >= 15 is 0 Å². The van der Waals surface area contributed by atoms with Gasteiger partial charge in [-0.2, -0.15) is 10.2 Å². The lowest BCUT2D eigenvalue weighted by atomic mass is 10.0. The summed E-state index contributed by atoms with van der Waals surface area (Å²) in [6.07, 6.45) is 6.84. The Kier molecular flexibility index (Phi) is 3.42. The summed E-state index contributed by atoms with van der Waals surface area (Å²) in [6.45, 7) is 0. The van der Waals surface area contributed by atoms with Gasteiger partial charge in [0, 0.05) is 28.8 Å². The van der Waals surface area contributed by atoms with Gasteiger partial charge in [-0.3, -0.25) is 10.2 Å². The Morgan fingerprint density at radius 1 is 1.00 bits per heavy atom. The highest BCUT2D eigenvalue weighted by Crippen LogP contribution is 2.28. The smallest absolute Gasteiger partial charge is 0.133 e. The van der Waals surface area contributed by atoms with Crippen molar-refractivity contribution in [1.82, 2.24) is 20.4 Å². The normalized spacial score (nSPS) is 11.6. The zero-order valence-corrected chi connectivity index (χ0v) is 12.4. The summed E-state index contributed by atoms with van der Waals surface area (Å²) in [5, 5.41) is 14.4. The maximum Gasteiger partial charge on any atom is 0.133 e. The molecule has 0 fully saturated rings. The first-order valence-electron chi connectivity index (χ1n) is 7.31. The number of fused-ring (bicyclic) bond motifs is 1. The number of hydrogen-bond acceptors (Lipinski definition) is 2. The Hall–Kier alpha value is -3.28. The van der Waals surface area contributed by atoms with Gasteiger partial charge in [0.15, 0.2) is 0 Å². The van der Waals surface area contributed by atoms with Gasteiger partial charge in [-0.15, -0.1) is 0 Å². The van der Waals surface area contributed by atoms with Crippen molar-refractivity contribution < 1.29 is 8.78 Å². The minimum Gasteiger partial charge on any atom is -0.285 e. The Morgan fingerprint density at radius 3 is 2.58 bits per heavy atom. The van der Waals surface area contributed by atoms with Crippen LogP contribution in [-0.4, -0.2) is 20.4 Å². The van der Waals surface area contributed by atoms with Gasteiger partial charge in [0.25, 0.3) is 0 Å². The van der Waals surface area contributed by atoms with Crippen molar-refractivity contribution in [3.63, 3.8) is 0 Å². The molecule has 4 nitrogen and oxygen atoms in total. The van der Waals surface area contributed by atoms with Crippen molar-refractivity contribution in [2.75, 3.05) is 0 Å². The van der Waals surface area contributed by atoms with Gasteiger partial charge in [-0.05, 0) is 29.8 Å². The van der Waals surface area contributed by atoms with Crippen LogP contribution in [0.5, 0.6) is 0 Å². The number of rotatable bonds is 3. The number of nitrogens with zero attached hydrogens (tertiary/aromatic N) is 2. The van der Waals surface area contributed by atoms with E-state index in [0.29, 0.717) is 22.3 Å². The third kappa shape index (κ3) is 2.58. The van der Waals surface area contributed by atoms with Crippen LogP contribution in [0, 0.1) is 11.6 Å². The van der Waals surface area contributed by atoms with Crippen LogP contribution in [0.4, 0.5) is 8.78 Å². The van der Waals surface area contributed by atoms with Crippen molar-refractivity contribution in [1.29, 1.82) is 0 Å². The number of aromatic nitrogens is 4. The standard InChI is InChI=1S/C18H12F2N4/c19-13-4-1-11(2-5-13)3-6-17-15-7-14(12-9-21-22-10-12)16(20)8-18(15)24-23-17/h1-10H,(H,21,22)(H,23,24)/b6-3+. The van der Waals surface area contributed by atoms with Crippen molar-refractivity contribution in [2.45, 2.75) is 0 Å². The van der Waals surface area contributed by atoms with Crippen molar-refractivity contribution >= 4 is 23.1 Å². The molecular weight excluding hydrogens is 310 g/mol. The van der Waals surface area contributed by atoms with Gasteiger partial charge in [-0.25, -0.2) is 8.78 Å². The average Bonchev–Trinajstić information content (AvgIpc) is 3.23. The SMILES string of the molecule is Fc1ccc(/C=C/c2n[nH]c3cc(F)c(-c4cn[nH]c4)cc23)cc1. The van der Waals surface area contributed by atoms with E-state index in [2.05, 4.69) is 20.4 Å². The second-order valence-corrected chi connectivity index (χ2v) is 5.36. The molecule has 24 heavy (non-hydrogen) atoms. The highest BCUT2D eigenvalue weighted by Gasteiger charge is 2.11. The van der Waals surface area contributed by atoms with Gasteiger partial charge in [0.1, 0.15) is 11.6 Å². The minimum absolute atomic E-state index is 0.280. The van der Waals surface area contributed by atoms with Gasteiger partial charge >= 0.3 is 0 Å². The number of halogens is 2. The molecule has 0 aliphatic carbocycles. The average molecular weight is 322 g/mol. The third-order valence-electron chi connectivity index (χ3n) is 3.79. The van der Waals surface area contributed by atoms with Gasteiger partial charge in [-0.1, -0.05) is 18.2 Å². The zero-order chi connectivity index (χ0) is 16.5. The van der Waals surface area contributed by atoms with Crippen LogP contribution in [0.25, 0.3) is 34.2 Å². The molecule has 118 valence electrons. The summed E-state index contributed by atoms with van der Waals surface area (Å²) >= 11 is 0. The molecule has 2 heterocycles. The molecule has 0 aliphatic heterocycles. The molecule has 0 atom stereocenters. The van der Waals surface area contributed by atoms with E-state index in [-0.39, 0.29) is 11.6 Å². The second-order valence-electron chi connectivity index (χ2n) is 5.36. The van der Waals surface area contributed by atoms with Crippen molar-refractivity contribution in [3.8, 4) is 11.1 Å². The molecule has 4 rings (SSSR count). The molecule has 0 saturated heterocycles. The maximum atomic E-state index is 14.2. The molecule has 0 saturated carbocycles. The molecule has 0 radical (unpaired) electrons. The van der Waals surface area contributed by atoms with Crippen LogP contribution >= 0.6 is 0 Å². The Balaban J connectivity index is 1.76. The predicted molar refractivity (Wildman–Crippen MR) is 89.0 cm³/mol. The van der Waals surface area contributed by atoms with Crippen LogP contribution in [-0.2, 0) is 0 Å². The lowest BCUT2D eigenvalue weighted by Gasteiger charge is -2.00.